The van der Waals surface area contributed by atoms with E-state index < -0.39 is 38.7 Å². The van der Waals surface area contributed by atoms with Crippen LogP contribution in [0.1, 0.15) is 6.92 Å². The SMILES string of the molecule is CC(Br)C(=O)Nc1c([N+](=O)[O-])ccc(F)c1F. The third-order valence-corrected chi connectivity index (χ3v) is 2.29. The van der Waals surface area contributed by atoms with Gasteiger partial charge < -0.3 is 5.32 Å². The zero-order valence-electron chi connectivity index (χ0n) is 8.54. The van der Waals surface area contributed by atoms with Crippen LogP contribution >= 0.6 is 15.9 Å². The van der Waals surface area contributed by atoms with Crippen molar-refractivity contribution in [2.45, 2.75) is 11.8 Å². The average Bonchev–Trinajstić information content (AvgIpc) is 2.24. The van der Waals surface area contributed by atoms with Crippen molar-refractivity contribution in [3.05, 3.63) is 33.9 Å². The van der Waals surface area contributed by atoms with Crippen LogP contribution in [0, 0.1) is 21.7 Å². The Bertz CT molecular complexity index is 480. The highest BCUT2D eigenvalue weighted by molar-refractivity contribution is 9.10. The van der Waals surface area contributed by atoms with E-state index in [1.54, 1.807) is 0 Å². The predicted octanol–water partition coefficient (Wildman–Crippen LogP) is 2.59. The fourth-order valence-electron chi connectivity index (χ4n) is 1.03. The van der Waals surface area contributed by atoms with Gasteiger partial charge in [0.25, 0.3) is 5.69 Å². The molecule has 1 rings (SSSR count). The summed E-state index contributed by atoms with van der Waals surface area (Å²) in [6, 6.07) is 1.41. The number of amides is 1. The topological polar surface area (TPSA) is 72.2 Å². The number of hydrogen-bond acceptors (Lipinski definition) is 3. The van der Waals surface area contributed by atoms with E-state index in [-0.39, 0.29) is 0 Å². The second-order valence-electron chi connectivity index (χ2n) is 3.12. The molecular weight excluding hydrogens is 302 g/mol. The van der Waals surface area contributed by atoms with Crippen LogP contribution in [0.25, 0.3) is 0 Å². The predicted molar refractivity (Wildman–Crippen MR) is 60.0 cm³/mol. The third kappa shape index (κ3) is 2.96. The van der Waals surface area contributed by atoms with Crippen molar-refractivity contribution in [3.8, 4) is 0 Å². The Kier molecular flexibility index (Phi) is 4.11. The zero-order valence-corrected chi connectivity index (χ0v) is 10.1. The van der Waals surface area contributed by atoms with Crippen LogP contribution < -0.4 is 5.32 Å². The second kappa shape index (κ2) is 5.17. The number of carbonyl (C=O) groups excluding carboxylic acids is 1. The number of nitrogens with zero attached hydrogens (tertiary/aromatic N) is 1. The Balaban J connectivity index is 3.24. The number of rotatable bonds is 3. The first-order valence-corrected chi connectivity index (χ1v) is 5.33. The zero-order chi connectivity index (χ0) is 13.2. The van der Waals surface area contributed by atoms with Gasteiger partial charge in [0.15, 0.2) is 17.3 Å². The van der Waals surface area contributed by atoms with Gasteiger partial charge in [-0.2, -0.15) is 0 Å². The van der Waals surface area contributed by atoms with Crippen molar-refractivity contribution in [2.24, 2.45) is 0 Å². The molecule has 0 fully saturated rings. The van der Waals surface area contributed by atoms with Gasteiger partial charge in [0, 0.05) is 6.07 Å². The number of carbonyl (C=O) groups is 1. The van der Waals surface area contributed by atoms with Gasteiger partial charge in [-0.25, -0.2) is 8.78 Å². The van der Waals surface area contributed by atoms with Gasteiger partial charge in [0.05, 0.1) is 9.75 Å². The number of nitro benzene ring substituents is 1. The van der Waals surface area contributed by atoms with Gasteiger partial charge in [0.1, 0.15) is 0 Å². The van der Waals surface area contributed by atoms with Crippen LogP contribution in [0.5, 0.6) is 0 Å². The number of nitro groups is 1. The Morgan fingerprint density at radius 2 is 2.12 bits per heavy atom. The van der Waals surface area contributed by atoms with Gasteiger partial charge >= 0.3 is 0 Å². The molecule has 0 saturated carbocycles. The Morgan fingerprint density at radius 1 is 1.53 bits per heavy atom. The molecule has 1 atom stereocenters. The molecule has 5 nitrogen and oxygen atoms in total. The average molecular weight is 309 g/mol. The maximum absolute atomic E-state index is 13.3. The number of anilines is 1. The number of halogens is 3. The highest BCUT2D eigenvalue weighted by atomic mass is 79.9. The van der Waals surface area contributed by atoms with Gasteiger partial charge in [-0.15, -0.1) is 0 Å². The molecule has 17 heavy (non-hydrogen) atoms. The van der Waals surface area contributed by atoms with Gasteiger partial charge in [-0.1, -0.05) is 15.9 Å². The van der Waals surface area contributed by atoms with Crippen LogP contribution in [-0.4, -0.2) is 15.7 Å². The molecule has 0 aliphatic rings. The minimum atomic E-state index is -1.46. The first-order chi connectivity index (χ1) is 7.84. The van der Waals surface area contributed by atoms with E-state index in [4.69, 9.17) is 0 Å². The minimum Gasteiger partial charge on any atom is -0.317 e. The molecule has 1 N–H and O–H groups in total. The summed E-state index contributed by atoms with van der Waals surface area (Å²) in [7, 11) is 0. The smallest absolute Gasteiger partial charge is 0.296 e. The van der Waals surface area contributed by atoms with Gasteiger partial charge in [0.2, 0.25) is 5.91 Å². The fourth-order valence-corrected chi connectivity index (χ4v) is 1.15. The lowest BCUT2D eigenvalue weighted by molar-refractivity contribution is -0.384. The first-order valence-electron chi connectivity index (χ1n) is 4.42. The van der Waals surface area contributed by atoms with E-state index in [1.807, 2.05) is 5.32 Å². The Hall–Kier alpha value is -1.57. The van der Waals surface area contributed by atoms with Crippen LogP contribution in [0.4, 0.5) is 20.2 Å². The molecule has 0 heterocycles. The van der Waals surface area contributed by atoms with Crippen molar-refractivity contribution in [1.29, 1.82) is 0 Å². The third-order valence-electron chi connectivity index (χ3n) is 1.88. The van der Waals surface area contributed by atoms with Crippen molar-refractivity contribution < 1.29 is 18.5 Å². The fraction of sp³-hybridized carbons (Fsp3) is 0.222. The summed E-state index contributed by atoms with van der Waals surface area (Å²) >= 11 is 2.90. The van der Waals surface area contributed by atoms with E-state index >= 15 is 0 Å². The quantitative estimate of drug-likeness (QED) is 0.530. The standard InChI is InChI=1S/C9H7BrF2N2O3/c1-4(10)9(15)13-8-6(14(16)17)3-2-5(11)7(8)12/h2-4H,1H3,(H,13,15). The summed E-state index contributed by atoms with van der Waals surface area (Å²) < 4.78 is 26.3. The molecule has 8 heteroatoms. The highest BCUT2D eigenvalue weighted by Crippen LogP contribution is 2.29. The summed E-state index contributed by atoms with van der Waals surface area (Å²) in [4.78, 5) is 20.3. The van der Waals surface area contributed by atoms with Crippen LogP contribution in [-0.2, 0) is 4.79 Å². The molecule has 1 unspecified atom stereocenters. The highest BCUT2D eigenvalue weighted by Gasteiger charge is 2.24. The van der Waals surface area contributed by atoms with Crippen LogP contribution in [0.3, 0.4) is 0 Å². The minimum absolute atomic E-state index is 0.626. The summed E-state index contributed by atoms with van der Waals surface area (Å²) in [6.45, 7) is 1.44. The van der Waals surface area contributed by atoms with E-state index in [1.165, 1.54) is 6.92 Å². The Morgan fingerprint density at radius 3 is 2.59 bits per heavy atom. The number of hydrogen-bond donors (Lipinski definition) is 1. The number of benzene rings is 1. The molecule has 92 valence electrons. The molecule has 0 aliphatic carbocycles. The normalized spacial score (nSPS) is 12.0. The Labute approximate surface area is 103 Å². The number of alkyl halides is 1. The molecule has 1 amide bonds. The molecule has 0 aliphatic heterocycles. The van der Waals surface area contributed by atoms with E-state index in [0.717, 1.165) is 6.07 Å². The van der Waals surface area contributed by atoms with Crippen LogP contribution in [0.15, 0.2) is 12.1 Å². The summed E-state index contributed by atoms with van der Waals surface area (Å²) in [6.07, 6.45) is 0. The van der Waals surface area contributed by atoms with E-state index in [9.17, 15) is 23.7 Å². The number of nitrogens with one attached hydrogen (secondary N) is 1. The monoisotopic (exact) mass is 308 g/mol. The van der Waals surface area contributed by atoms with Crippen molar-refractivity contribution in [3.63, 3.8) is 0 Å². The lowest BCUT2D eigenvalue weighted by Gasteiger charge is -2.08. The van der Waals surface area contributed by atoms with Crippen molar-refractivity contribution in [1.82, 2.24) is 0 Å². The van der Waals surface area contributed by atoms with Crippen molar-refractivity contribution in [2.75, 3.05) is 5.32 Å². The largest absolute Gasteiger partial charge is 0.317 e. The summed E-state index contributed by atoms with van der Waals surface area (Å²) in [5.41, 5.74) is -1.48. The van der Waals surface area contributed by atoms with Crippen LogP contribution in [0.2, 0.25) is 0 Å². The first kappa shape index (κ1) is 13.5. The maximum Gasteiger partial charge on any atom is 0.296 e. The lowest BCUT2D eigenvalue weighted by atomic mass is 10.2. The van der Waals surface area contributed by atoms with Gasteiger partial charge in [-0.3, -0.25) is 14.9 Å². The molecule has 0 aromatic heterocycles. The van der Waals surface area contributed by atoms with E-state index in [0.29, 0.717) is 6.07 Å². The lowest BCUT2D eigenvalue weighted by Crippen LogP contribution is -2.21. The maximum atomic E-state index is 13.3. The molecule has 0 spiro atoms. The van der Waals surface area contributed by atoms with Gasteiger partial charge in [-0.05, 0) is 13.0 Å². The molecule has 0 bridgehead atoms. The molecule has 0 saturated heterocycles. The summed E-state index contributed by atoms with van der Waals surface area (Å²) in [5, 5.41) is 12.5. The van der Waals surface area contributed by atoms with Crippen molar-refractivity contribution >= 4 is 33.2 Å². The van der Waals surface area contributed by atoms with E-state index in [2.05, 4.69) is 15.9 Å². The molecular formula is C9H7BrF2N2O3. The molecule has 0 radical (unpaired) electrons. The molecule has 1 aromatic carbocycles. The second-order valence-corrected chi connectivity index (χ2v) is 4.49. The molecule has 1 aromatic rings. The summed E-state index contributed by atoms with van der Waals surface area (Å²) in [5.74, 6) is -3.44.